The highest BCUT2D eigenvalue weighted by Gasteiger charge is 2.52. The number of hydrogen-bond donors (Lipinski definition) is 2. The van der Waals surface area contributed by atoms with E-state index in [1.165, 1.54) is 0 Å². The molecule has 1 fully saturated rings. The fourth-order valence-corrected chi connectivity index (χ4v) is 4.28. The Kier molecular flexibility index (Phi) is 9.78. The van der Waals surface area contributed by atoms with E-state index in [4.69, 9.17) is 14.2 Å². The Morgan fingerprint density at radius 2 is 1.76 bits per heavy atom. The standard InChI is InChI=1S/C25H30N2O6S/c1-3-32-25(30)22-21(33-22)24(29)27-20(16-34-15-18-7-5-4-6-8-18)23(28)26-14-13-17-9-11-19(31-2)12-10-17/h4-12,20-22H,3,13-16H2,1-2H3,(H,26,28)(H,27,29)/t20-,21-,22-/m0/s1. The minimum absolute atomic E-state index is 0.211. The molecule has 0 spiro atoms. The number of methoxy groups -OCH3 is 1. The second-order valence-electron chi connectivity index (χ2n) is 7.68. The predicted molar refractivity (Wildman–Crippen MR) is 130 cm³/mol. The van der Waals surface area contributed by atoms with Crippen LogP contribution in [0.3, 0.4) is 0 Å². The number of carbonyl (C=O) groups excluding carboxylic acids is 3. The lowest BCUT2D eigenvalue weighted by atomic mass is 10.1. The highest BCUT2D eigenvalue weighted by Crippen LogP contribution is 2.24. The van der Waals surface area contributed by atoms with E-state index in [1.54, 1.807) is 25.8 Å². The van der Waals surface area contributed by atoms with Crippen LogP contribution in [0.5, 0.6) is 5.75 Å². The molecule has 1 heterocycles. The van der Waals surface area contributed by atoms with Crippen LogP contribution in [0.15, 0.2) is 54.6 Å². The van der Waals surface area contributed by atoms with Crippen molar-refractivity contribution >= 4 is 29.5 Å². The number of thioether (sulfide) groups is 1. The quantitative estimate of drug-likeness (QED) is 0.330. The van der Waals surface area contributed by atoms with Crippen LogP contribution in [0.4, 0.5) is 0 Å². The molecular weight excluding hydrogens is 456 g/mol. The molecule has 0 aliphatic carbocycles. The van der Waals surface area contributed by atoms with E-state index < -0.39 is 30.1 Å². The molecular formula is C25H30N2O6S. The number of esters is 1. The third-order valence-corrected chi connectivity index (χ3v) is 6.28. The molecule has 1 aliphatic rings. The van der Waals surface area contributed by atoms with Gasteiger partial charge in [-0.3, -0.25) is 9.59 Å². The van der Waals surface area contributed by atoms with Crippen molar-refractivity contribution in [2.75, 3.05) is 26.0 Å². The largest absolute Gasteiger partial charge is 0.497 e. The molecule has 1 saturated heterocycles. The number of amides is 2. The summed E-state index contributed by atoms with van der Waals surface area (Å²) in [6.07, 6.45) is -1.19. The fourth-order valence-electron chi connectivity index (χ4n) is 3.27. The third-order valence-electron chi connectivity index (χ3n) is 5.17. The van der Waals surface area contributed by atoms with Gasteiger partial charge < -0.3 is 24.8 Å². The Bertz CT molecular complexity index is 954. The topological polar surface area (TPSA) is 106 Å². The lowest BCUT2D eigenvalue weighted by Gasteiger charge is -2.18. The zero-order chi connectivity index (χ0) is 24.3. The molecule has 3 rings (SSSR count). The Morgan fingerprint density at radius 3 is 2.44 bits per heavy atom. The molecule has 0 bridgehead atoms. The predicted octanol–water partition coefficient (Wildman–Crippen LogP) is 2.10. The van der Waals surface area contributed by atoms with Gasteiger partial charge in [-0.25, -0.2) is 4.79 Å². The normalized spacial score (nSPS) is 17.4. The van der Waals surface area contributed by atoms with Crippen molar-refractivity contribution < 1.29 is 28.6 Å². The minimum Gasteiger partial charge on any atom is -0.497 e. The van der Waals surface area contributed by atoms with Gasteiger partial charge >= 0.3 is 5.97 Å². The van der Waals surface area contributed by atoms with Gasteiger partial charge in [0.2, 0.25) is 5.91 Å². The van der Waals surface area contributed by atoms with Gasteiger partial charge in [0.15, 0.2) is 12.2 Å². The summed E-state index contributed by atoms with van der Waals surface area (Å²) >= 11 is 1.54. The van der Waals surface area contributed by atoms with Crippen molar-refractivity contribution in [2.24, 2.45) is 0 Å². The molecule has 1 aliphatic heterocycles. The fraction of sp³-hybridized carbons (Fsp3) is 0.400. The van der Waals surface area contributed by atoms with Gasteiger partial charge in [-0.05, 0) is 36.6 Å². The van der Waals surface area contributed by atoms with Crippen molar-refractivity contribution in [3.05, 3.63) is 65.7 Å². The van der Waals surface area contributed by atoms with Gasteiger partial charge in [0, 0.05) is 18.1 Å². The van der Waals surface area contributed by atoms with E-state index in [1.807, 2.05) is 54.6 Å². The molecule has 2 aromatic carbocycles. The molecule has 8 nitrogen and oxygen atoms in total. The summed E-state index contributed by atoms with van der Waals surface area (Å²) in [6.45, 7) is 2.32. The van der Waals surface area contributed by atoms with Gasteiger partial charge in [-0.1, -0.05) is 42.5 Å². The van der Waals surface area contributed by atoms with Gasteiger partial charge in [-0.15, -0.1) is 0 Å². The Labute approximate surface area is 203 Å². The number of benzene rings is 2. The van der Waals surface area contributed by atoms with Crippen molar-refractivity contribution in [1.82, 2.24) is 10.6 Å². The van der Waals surface area contributed by atoms with Gasteiger partial charge in [0.25, 0.3) is 5.91 Å². The van der Waals surface area contributed by atoms with E-state index in [-0.39, 0.29) is 12.5 Å². The van der Waals surface area contributed by atoms with Crippen LogP contribution in [-0.2, 0) is 36.0 Å². The number of carbonyl (C=O) groups is 3. The van der Waals surface area contributed by atoms with Crippen molar-refractivity contribution in [3.63, 3.8) is 0 Å². The van der Waals surface area contributed by atoms with E-state index in [2.05, 4.69) is 10.6 Å². The van der Waals surface area contributed by atoms with Crippen LogP contribution in [0, 0.1) is 0 Å². The smallest absolute Gasteiger partial charge is 0.338 e. The van der Waals surface area contributed by atoms with E-state index in [9.17, 15) is 14.4 Å². The van der Waals surface area contributed by atoms with Gasteiger partial charge in [0.05, 0.1) is 13.7 Å². The lowest BCUT2D eigenvalue weighted by molar-refractivity contribution is -0.144. The summed E-state index contributed by atoms with van der Waals surface area (Å²) in [5, 5.41) is 5.63. The minimum atomic E-state index is -0.923. The maximum absolute atomic E-state index is 12.9. The van der Waals surface area contributed by atoms with Crippen molar-refractivity contribution in [3.8, 4) is 5.75 Å². The number of epoxide rings is 1. The first kappa shape index (κ1) is 25.6. The SMILES string of the molecule is CCOC(=O)[C@H]1O[C@@H]1C(=O)N[C@@H](CSCc1ccccc1)C(=O)NCCc1ccc(OC)cc1. The third kappa shape index (κ3) is 7.78. The van der Waals surface area contributed by atoms with Crippen LogP contribution in [0.1, 0.15) is 18.1 Å². The van der Waals surface area contributed by atoms with Crippen molar-refractivity contribution in [1.29, 1.82) is 0 Å². The van der Waals surface area contributed by atoms with E-state index >= 15 is 0 Å². The zero-order valence-electron chi connectivity index (χ0n) is 19.3. The maximum atomic E-state index is 12.9. The molecule has 3 atom stereocenters. The van der Waals surface area contributed by atoms with E-state index in [0.29, 0.717) is 24.5 Å². The molecule has 0 aromatic heterocycles. The highest BCUT2D eigenvalue weighted by atomic mass is 32.2. The van der Waals surface area contributed by atoms with Gasteiger partial charge in [0.1, 0.15) is 11.8 Å². The average Bonchev–Trinajstić information content (AvgIpc) is 3.66. The number of nitrogens with one attached hydrogen (secondary N) is 2. The molecule has 2 amide bonds. The molecule has 0 unspecified atom stereocenters. The summed E-state index contributed by atoms with van der Waals surface area (Å²) in [4.78, 5) is 37.2. The molecule has 0 saturated carbocycles. The van der Waals surface area contributed by atoms with E-state index in [0.717, 1.165) is 16.9 Å². The number of rotatable bonds is 13. The summed E-state index contributed by atoms with van der Waals surface area (Å²) in [7, 11) is 1.61. The summed E-state index contributed by atoms with van der Waals surface area (Å²) in [5.74, 6) is 0.518. The van der Waals surface area contributed by atoms with Crippen LogP contribution in [-0.4, -0.2) is 62.0 Å². The molecule has 182 valence electrons. The second kappa shape index (κ2) is 13.0. The number of ether oxygens (including phenoxy) is 3. The maximum Gasteiger partial charge on any atom is 0.338 e. The van der Waals surface area contributed by atoms with Crippen LogP contribution >= 0.6 is 11.8 Å². The Hall–Kier alpha value is -3.04. The van der Waals surface area contributed by atoms with Crippen molar-refractivity contribution in [2.45, 2.75) is 37.3 Å². The first-order valence-corrected chi connectivity index (χ1v) is 12.3. The van der Waals surface area contributed by atoms with Crippen LogP contribution in [0.2, 0.25) is 0 Å². The van der Waals surface area contributed by atoms with Crippen LogP contribution < -0.4 is 15.4 Å². The zero-order valence-corrected chi connectivity index (χ0v) is 20.1. The van der Waals surface area contributed by atoms with Crippen LogP contribution in [0.25, 0.3) is 0 Å². The Balaban J connectivity index is 1.53. The molecule has 2 N–H and O–H groups in total. The molecule has 0 radical (unpaired) electrons. The monoisotopic (exact) mass is 486 g/mol. The molecule has 34 heavy (non-hydrogen) atoms. The average molecular weight is 487 g/mol. The first-order valence-electron chi connectivity index (χ1n) is 11.2. The number of hydrogen-bond acceptors (Lipinski definition) is 7. The molecule has 9 heteroatoms. The Morgan fingerprint density at radius 1 is 1.03 bits per heavy atom. The first-order chi connectivity index (χ1) is 16.5. The molecule has 2 aromatic rings. The highest BCUT2D eigenvalue weighted by molar-refractivity contribution is 7.98. The summed E-state index contributed by atoms with van der Waals surface area (Å²) in [5.41, 5.74) is 2.19. The second-order valence-corrected chi connectivity index (χ2v) is 8.71. The summed E-state index contributed by atoms with van der Waals surface area (Å²) in [6, 6.07) is 16.8. The summed E-state index contributed by atoms with van der Waals surface area (Å²) < 4.78 is 15.2. The van der Waals surface area contributed by atoms with Gasteiger partial charge in [-0.2, -0.15) is 11.8 Å². The lowest BCUT2D eigenvalue weighted by Crippen LogP contribution is -2.50.